The molecule has 0 rings (SSSR count). The fraction of sp³-hybridized carbons (Fsp3) is 1.00. The Bertz CT molecular complexity index is 282. The molecule has 0 fully saturated rings. The molecule has 0 saturated carbocycles. The number of likely N-dealkylation sites (N-methyl/N-ethyl adjacent to an activating group) is 1. The summed E-state index contributed by atoms with van der Waals surface area (Å²) < 4.78 is 25.7. The third kappa shape index (κ3) is 2.92. The van der Waals surface area contributed by atoms with Crippen LogP contribution in [0.2, 0.25) is 0 Å². The molecule has 0 aromatic rings. The van der Waals surface area contributed by atoms with Gasteiger partial charge in [-0.25, -0.2) is 8.42 Å². The molecule has 0 aromatic carbocycles. The SMILES string of the molecule is CCN(C(C)(CC)CN)S(=O)(=O)C(C)C. The van der Waals surface area contributed by atoms with Gasteiger partial charge in [0.25, 0.3) is 0 Å². The Hall–Kier alpha value is -0.130. The second-order valence-corrected chi connectivity index (χ2v) is 6.73. The highest BCUT2D eigenvalue weighted by Gasteiger charge is 2.37. The van der Waals surface area contributed by atoms with Crippen LogP contribution in [-0.4, -0.2) is 36.6 Å². The van der Waals surface area contributed by atoms with E-state index >= 15 is 0 Å². The zero-order valence-electron chi connectivity index (χ0n) is 10.4. The van der Waals surface area contributed by atoms with Crippen molar-refractivity contribution in [2.24, 2.45) is 5.73 Å². The molecule has 0 radical (unpaired) electrons. The number of hydrogen-bond acceptors (Lipinski definition) is 3. The smallest absolute Gasteiger partial charge is 0.216 e. The van der Waals surface area contributed by atoms with Crippen molar-refractivity contribution >= 4 is 10.0 Å². The van der Waals surface area contributed by atoms with Crippen LogP contribution in [0.4, 0.5) is 0 Å². The van der Waals surface area contributed by atoms with Gasteiger partial charge in [0, 0.05) is 18.6 Å². The molecule has 0 aromatic heterocycles. The van der Waals surface area contributed by atoms with E-state index in [0.29, 0.717) is 13.1 Å². The molecule has 0 aliphatic heterocycles. The van der Waals surface area contributed by atoms with Gasteiger partial charge in [-0.3, -0.25) is 0 Å². The molecule has 0 spiro atoms. The summed E-state index contributed by atoms with van der Waals surface area (Å²) in [6, 6.07) is 0. The fourth-order valence-electron chi connectivity index (χ4n) is 1.55. The lowest BCUT2D eigenvalue weighted by Crippen LogP contribution is -2.55. The summed E-state index contributed by atoms with van der Waals surface area (Å²) >= 11 is 0. The molecule has 2 N–H and O–H groups in total. The van der Waals surface area contributed by atoms with Gasteiger partial charge in [-0.2, -0.15) is 4.31 Å². The predicted octanol–water partition coefficient (Wildman–Crippen LogP) is 1.17. The summed E-state index contributed by atoms with van der Waals surface area (Å²) in [6.07, 6.45) is 0.725. The minimum atomic E-state index is -3.22. The standard InChI is InChI=1S/C10H24N2O2S/c1-6-10(5,8-11)12(7-2)15(13,14)9(3)4/h9H,6-8,11H2,1-5H3. The first-order chi connectivity index (χ1) is 6.76. The average molecular weight is 236 g/mol. The maximum Gasteiger partial charge on any atom is 0.216 e. The van der Waals surface area contributed by atoms with Crippen LogP contribution in [0.15, 0.2) is 0 Å². The molecule has 15 heavy (non-hydrogen) atoms. The van der Waals surface area contributed by atoms with Gasteiger partial charge >= 0.3 is 0 Å². The molecule has 5 heteroatoms. The van der Waals surface area contributed by atoms with Crippen molar-refractivity contribution in [3.05, 3.63) is 0 Å². The molecular formula is C10H24N2O2S. The fourth-order valence-corrected chi connectivity index (χ4v) is 3.23. The maximum absolute atomic E-state index is 12.1. The van der Waals surface area contributed by atoms with E-state index in [4.69, 9.17) is 5.73 Å². The van der Waals surface area contributed by atoms with Gasteiger partial charge in [0.05, 0.1) is 5.25 Å². The van der Waals surface area contributed by atoms with Gasteiger partial charge in [0.15, 0.2) is 0 Å². The van der Waals surface area contributed by atoms with Crippen LogP contribution in [0.25, 0.3) is 0 Å². The first kappa shape index (κ1) is 14.9. The van der Waals surface area contributed by atoms with Crippen molar-refractivity contribution < 1.29 is 8.42 Å². The van der Waals surface area contributed by atoms with E-state index in [1.54, 1.807) is 13.8 Å². The lowest BCUT2D eigenvalue weighted by atomic mass is 9.99. The van der Waals surface area contributed by atoms with Gasteiger partial charge in [-0.1, -0.05) is 13.8 Å². The van der Waals surface area contributed by atoms with Crippen LogP contribution in [0.1, 0.15) is 41.0 Å². The Morgan fingerprint density at radius 2 is 1.80 bits per heavy atom. The van der Waals surface area contributed by atoms with E-state index in [-0.39, 0.29) is 0 Å². The van der Waals surface area contributed by atoms with E-state index in [1.165, 1.54) is 4.31 Å². The highest BCUT2D eigenvalue weighted by atomic mass is 32.2. The maximum atomic E-state index is 12.1. The largest absolute Gasteiger partial charge is 0.329 e. The van der Waals surface area contributed by atoms with Gasteiger partial charge in [0.1, 0.15) is 0 Å². The Labute approximate surface area is 93.9 Å². The second-order valence-electron chi connectivity index (χ2n) is 4.31. The molecule has 0 bridgehead atoms. The van der Waals surface area contributed by atoms with Crippen molar-refractivity contribution in [1.29, 1.82) is 0 Å². The monoisotopic (exact) mass is 236 g/mol. The molecule has 0 aliphatic rings. The third-order valence-electron chi connectivity index (χ3n) is 2.99. The highest BCUT2D eigenvalue weighted by molar-refractivity contribution is 7.89. The highest BCUT2D eigenvalue weighted by Crippen LogP contribution is 2.23. The first-order valence-electron chi connectivity index (χ1n) is 5.48. The molecule has 0 heterocycles. The van der Waals surface area contributed by atoms with Crippen LogP contribution in [-0.2, 0) is 10.0 Å². The number of nitrogens with two attached hydrogens (primary N) is 1. The van der Waals surface area contributed by atoms with Crippen molar-refractivity contribution in [3.8, 4) is 0 Å². The summed E-state index contributed by atoms with van der Waals surface area (Å²) in [5, 5.41) is -0.394. The van der Waals surface area contributed by atoms with Crippen LogP contribution < -0.4 is 5.73 Å². The average Bonchev–Trinajstić information content (AvgIpc) is 2.17. The van der Waals surface area contributed by atoms with Crippen LogP contribution >= 0.6 is 0 Å². The van der Waals surface area contributed by atoms with Crippen molar-refractivity contribution in [1.82, 2.24) is 4.31 Å². The van der Waals surface area contributed by atoms with E-state index in [1.807, 2.05) is 20.8 Å². The van der Waals surface area contributed by atoms with E-state index < -0.39 is 20.8 Å². The van der Waals surface area contributed by atoms with Crippen molar-refractivity contribution in [2.45, 2.75) is 51.8 Å². The molecule has 1 atom stereocenters. The van der Waals surface area contributed by atoms with E-state index in [2.05, 4.69) is 0 Å². The van der Waals surface area contributed by atoms with Crippen LogP contribution in [0.3, 0.4) is 0 Å². The summed E-state index contributed by atoms with van der Waals surface area (Å²) in [5.74, 6) is 0. The topological polar surface area (TPSA) is 63.4 Å². The van der Waals surface area contributed by atoms with Crippen LogP contribution in [0, 0.1) is 0 Å². The lowest BCUT2D eigenvalue weighted by molar-refractivity contribution is 0.212. The molecule has 4 nitrogen and oxygen atoms in total. The lowest BCUT2D eigenvalue weighted by Gasteiger charge is -2.39. The zero-order valence-corrected chi connectivity index (χ0v) is 11.3. The van der Waals surface area contributed by atoms with Gasteiger partial charge in [-0.15, -0.1) is 0 Å². The Balaban J connectivity index is 5.25. The summed E-state index contributed by atoms with van der Waals surface area (Å²) in [6.45, 7) is 9.94. The third-order valence-corrected chi connectivity index (χ3v) is 5.50. The summed E-state index contributed by atoms with van der Waals surface area (Å²) in [7, 11) is -3.22. The number of rotatable bonds is 6. The summed E-state index contributed by atoms with van der Waals surface area (Å²) in [5.41, 5.74) is 5.22. The number of hydrogen-bond donors (Lipinski definition) is 1. The molecule has 1 unspecified atom stereocenters. The number of nitrogens with zero attached hydrogens (tertiary/aromatic N) is 1. The zero-order chi connectivity index (χ0) is 12.3. The first-order valence-corrected chi connectivity index (χ1v) is 6.98. The van der Waals surface area contributed by atoms with Crippen molar-refractivity contribution in [3.63, 3.8) is 0 Å². The van der Waals surface area contributed by atoms with Gasteiger partial charge < -0.3 is 5.73 Å². The van der Waals surface area contributed by atoms with Crippen LogP contribution in [0.5, 0.6) is 0 Å². The van der Waals surface area contributed by atoms with E-state index in [9.17, 15) is 8.42 Å². The summed E-state index contributed by atoms with van der Waals surface area (Å²) in [4.78, 5) is 0. The van der Waals surface area contributed by atoms with Crippen molar-refractivity contribution in [2.75, 3.05) is 13.1 Å². The molecule has 0 amide bonds. The Morgan fingerprint density at radius 3 is 2.00 bits per heavy atom. The van der Waals surface area contributed by atoms with E-state index in [0.717, 1.165) is 6.42 Å². The Morgan fingerprint density at radius 1 is 1.33 bits per heavy atom. The number of sulfonamides is 1. The quantitative estimate of drug-likeness (QED) is 0.753. The van der Waals surface area contributed by atoms with Gasteiger partial charge in [-0.05, 0) is 27.2 Å². The molecule has 92 valence electrons. The predicted molar refractivity (Wildman–Crippen MR) is 64.2 cm³/mol. The second kappa shape index (κ2) is 5.27. The minimum absolute atomic E-state index is 0.350. The molecule has 0 saturated heterocycles. The molecule has 0 aliphatic carbocycles. The minimum Gasteiger partial charge on any atom is -0.329 e. The normalized spacial score (nSPS) is 17.1. The van der Waals surface area contributed by atoms with Gasteiger partial charge in [0.2, 0.25) is 10.0 Å². The Kier molecular flexibility index (Phi) is 5.23. The molecular weight excluding hydrogens is 212 g/mol.